The number of imidazole rings is 1. The van der Waals surface area contributed by atoms with Gasteiger partial charge in [0.15, 0.2) is 23.5 Å². The van der Waals surface area contributed by atoms with E-state index in [1.54, 1.807) is 6.08 Å². The summed E-state index contributed by atoms with van der Waals surface area (Å²) in [4.78, 5) is 56.9. The number of carbonyl (C=O) groups is 2. The number of phosphoric ester groups is 2. The molecule has 2 aromatic heterocycles. The summed E-state index contributed by atoms with van der Waals surface area (Å²) in [7, 11) is -10.8. The van der Waals surface area contributed by atoms with Gasteiger partial charge in [-0.05, 0) is 6.42 Å². The number of ether oxygens (including phenoxy) is 2. The fourth-order valence-electron chi connectivity index (χ4n) is 4.32. The van der Waals surface area contributed by atoms with E-state index < -0.39 is 82.8 Å². The number of hydrogen-bond acceptors (Lipinski definition) is 17. The highest BCUT2D eigenvalue weighted by molar-refractivity contribution is 7.61. The number of ketones is 1. The molecule has 7 atom stereocenters. The van der Waals surface area contributed by atoms with Gasteiger partial charge in [-0.3, -0.25) is 23.2 Å². The predicted molar refractivity (Wildman–Crippen MR) is 141 cm³/mol. The summed E-state index contributed by atoms with van der Waals surface area (Å²) in [5, 5.41) is 30.9. The second-order valence-corrected chi connectivity index (χ2v) is 12.4. The van der Waals surface area contributed by atoms with Gasteiger partial charge in [0, 0.05) is 18.0 Å². The summed E-state index contributed by atoms with van der Waals surface area (Å²) >= 11 is 0. The van der Waals surface area contributed by atoms with Crippen molar-refractivity contribution >= 4 is 44.3 Å². The van der Waals surface area contributed by atoms with Crippen LogP contribution in [0, 0.1) is 0 Å². The van der Waals surface area contributed by atoms with Gasteiger partial charge in [0.25, 0.3) is 5.78 Å². The zero-order valence-electron chi connectivity index (χ0n) is 22.1. The summed E-state index contributed by atoms with van der Waals surface area (Å²) in [6, 6.07) is 0. The molecule has 0 spiro atoms. The predicted octanol–water partition coefficient (Wildman–Crippen LogP) is -1.44. The Balaban J connectivity index is 1.16. The highest BCUT2D eigenvalue weighted by atomic mass is 31.3. The van der Waals surface area contributed by atoms with Crippen LogP contribution in [0.4, 0.5) is 5.82 Å². The van der Waals surface area contributed by atoms with Crippen LogP contribution in [0.1, 0.15) is 12.6 Å². The summed E-state index contributed by atoms with van der Waals surface area (Å²) < 4.78 is 50.2. The van der Waals surface area contributed by atoms with Crippen LogP contribution in [0.3, 0.4) is 0 Å². The van der Waals surface area contributed by atoms with Gasteiger partial charge in [-0.25, -0.2) is 24.1 Å². The SMILES string of the molecule is NC(=O)C1=CN([C@@H]2O[C@H](COP(=O)(O)OP(=O)(O)OCC3=C(O)C(=O)[C@H](n4cnc5c(N)ncnc54)O3)[C@@H](O)[C@H]2O)C=CC1. The van der Waals surface area contributed by atoms with Crippen LogP contribution >= 0.6 is 15.6 Å². The number of hydrogen-bond donors (Lipinski definition) is 7. The molecule has 5 heterocycles. The smallest absolute Gasteiger partial charge is 0.481 e. The summed E-state index contributed by atoms with van der Waals surface area (Å²) in [6.07, 6.45) is -0.700. The molecule has 0 aromatic carbocycles. The lowest BCUT2D eigenvalue weighted by Gasteiger charge is -2.28. The third-order valence-electron chi connectivity index (χ3n) is 6.45. The molecule has 2 unspecified atom stereocenters. The van der Waals surface area contributed by atoms with Gasteiger partial charge in [-0.15, -0.1) is 0 Å². The Bertz CT molecular complexity index is 1680. The largest absolute Gasteiger partial charge is 0.502 e. The van der Waals surface area contributed by atoms with Crippen LogP contribution < -0.4 is 11.5 Å². The van der Waals surface area contributed by atoms with E-state index in [-0.39, 0.29) is 29.0 Å². The fraction of sp³-hybridized carbons (Fsp3) is 0.381. The lowest BCUT2D eigenvalue weighted by Crippen LogP contribution is -2.40. The van der Waals surface area contributed by atoms with Crippen molar-refractivity contribution in [1.29, 1.82) is 0 Å². The number of nitrogen functional groups attached to an aromatic ring is 1. The monoisotopic (exact) mass is 661 g/mol. The van der Waals surface area contributed by atoms with Gasteiger partial charge in [0.05, 0.1) is 6.61 Å². The van der Waals surface area contributed by atoms with Crippen molar-refractivity contribution in [2.24, 2.45) is 5.73 Å². The minimum absolute atomic E-state index is 0.00838. The molecule has 0 radical (unpaired) electrons. The maximum absolute atomic E-state index is 12.6. The molecule has 238 valence electrons. The molecule has 5 rings (SSSR count). The molecule has 0 bridgehead atoms. The normalized spacial score (nSPS) is 28.2. The summed E-state index contributed by atoms with van der Waals surface area (Å²) in [5.74, 6) is -3.32. The number of carbonyl (C=O) groups excluding carboxylic acids is 2. The second-order valence-electron chi connectivity index (χ2n) is 9.38. The fourth-order valence-corrected chi connectivity index (χ4v) is 6.36. The molecule has 1 saturated heterocycles. The highest BCUT2D eigenvalue weighted by Gasteiger charge is 2.47. The Morgan fingerprint density at radius 1 is 1.14 bits per heavy atom. The number of amides is 1. The lowest BCUT2D eigenvalue weighted by atomic mass is 10.1. The first-order valence-corrected chi connectivity index (χ1v) is 15.3. The van der Waals surface area contributed by atoms with Gasteiger partial charge in [0.1, 0.15) is 43.1 Å². The number of aliphatic hydroxyl groups excluding tert-OH is 3. The number of primary amides is 1. The number of nitrogens with zero attached hydrogens (tertiary/aromatic N) is 5. The molecular formula is C21H25N7O14P2. The lowest BCUT2D eigenvalue weighted by molar-refractivity contribution is -0.127. The second kappa shape index (κ2) is 12.0. The molecule has 44 heavy (non-hydrogen) atoms. The molecule has 9 N–H and O–H groups in total. The van der Waals surface area contributed by atoms with Crippen molar-refractivity contribution in [2.75, 3.05) is 18.9 Å². The Hall–Kier alpha value is -3.75. The van der Waals surface area contributed by atoms with Gasteiger partial charge in [0.2, 0.25) is 17.9 Å². The number of Topliss-reactive ketones (excluding diaryl/α,β-unsaturated/α-hetero) is 1. The van der Waals surface area contributed by atoms with Crippen molar-refractivity contribution in [2.45, 2.75) is 37.2 Å². The number of anilines is 1. The van der Waals surface area contributed by atoms with Crippen LogP contribution in [-0.4, -0.2) is 99.0 Å². The zero-order chi connectivity index (χ0) is 32.0. The molecule has 3 aliphatic heterocycles. The number of rotatable bonds is 11. The van der Waals surface area contributed by atoms with E-state index in [0.29, 0.717) is 0 Å². The number of fused-ring (bicyclic) bond motifs is 1. The van der Waals surface area contributed by atoms with E-state index in [1.165, 1.54) is 17.3 Å². The quantitative estimate of drug-likeness (QED) is 0.136. The third kappa shape index (κ3) is 6.37. The van der Waals surface area contributed by atoms with Crippen LogP contribution in [0.25, 0.3) is 11.2 Å². The van der Waals surface area contributed by atoms with E-state index in [4.69, 9.17) is 20.9 Å². The first-order chi connectivity index (χ1) is 20.7. The van der Waals surface area contributed by atoms with E-state index in [9.17, 15) is 43.8 Å². The first-order valence-electron chi connectivity index (χ1n) is 12.4. The minimum atomic E-state index is -5.43. The number of phosphoric acid groups is 2. The van der Waals surface area contributed by atoms with E-state index in [2.05, 4.69) is 28.3 Å². The van der Waals surface area contributed by atoms with Crippen LogP contribution in [-0.2, 0) is 41.6 Å². The van der Waals surface area contributed by atoms with Crippen molar-refractivity contribution in [1.82, 2.24) is 24.4 Å². The molecule has 1 fully saturated rings. The number of aliphatic hydroxyl groups is 3. The summed E-state index contributed by atoms with van der Waals surface area (Å²) in [6.45, 7) is -1.99. The molecule has 0 saturated carbocycles. The third-order valence-corrected chi connectivity index (χ3v) is 9.03. The van der Waals surface area contributed by atoms with Crippen LogP contribution in [0.5, 0.6) is 0 Å². The average molecular weight is 661 g/mol. The first kappa shape index (κ1) is 31.7. The molecule has 3 aliphatic rings. The topological polar surface area (TPSA) is 314 Å². The zero-order valence-corrected chi connectivity index (χ0v) is 23.9. The Labute approximate surface area is 245 Å². The highest BCUT2D eigenvalue weighted by Crippen LogP contribution is 2.60. The molecular weight excluding hydrogens is 636 g/mol. The molecule has 1 amide bonds. The molecule has 23 heteroatoms. The van der Waals surface area contributed by atoms with Crippen LogP contribution in [0.2, 0.25) is 0 Å². The Morgan fingerprint density at radius 3 is 2.59 bits per heavy atom. The molecule has 21 nitrogen and oxygen atoms in total. The number of aromatic nitrogens is 4. The maximum Gasteiger partial charge on any atom is 0.481 e. The maximum atomic E-state index is 12.6. The van der Waals surface area contributed by atoms with E-state index in [1.807, 2.05) is 0 Å². The molecule has 2 aromatic rings. The van der Waals surface area contributed by atoms with Gasteiger partial charge in [-0.1, -0.05) is 6.08 Å². The molecule has 0 aliphatic carbocycles. The van der Waals surface area contributed by atoms with Crippen molar-refractivity contribution < 1.29 is 66.7 Å². The van der Waals surface area contributed by atoms with Gasteiger partial charge < -0.3 is 50.9 Å². The van der Waals surface area contributed by atoms with Crippen molar-refractivity contribution in [3.05, 3.63) is 48.2 Å². The minimum Gasteiger partial charge on any atom is -0.502 e. The standard InChI is InChI=1S/C21H25N7O14P2/c22-17-12-19(25-7-24-17)28(8-26-12)21-16(32)14(30)11(41-21)6-39-44(36,37)42-43(34,35)38-5-10-13(29)15(31)20(40-10)27-3-1-2-9(4-27)18(23)33/h1,3-4,7-8,10,13,15,20-21,29-31H,2,5-6H2,(H2,23,33)(H,34,35)(H,36,37)(H2,22,24,25)/t10-,13-,15-,20-,21-/m1/s1. The average Bonchev–Trinajstić information content (AvgIpc) is 3.61. The summed E-state index contributed by atoms with van der Waals surface area (Å²) in [5.41, 5.74) is 11.4. The van der Waals surface area contributed by atoms with Crippen LogP contribution in [0.15, 0.2) is 48.2 Å². The number of allylic oxidation sites excluding steroid dienone is 1. The van der Waals surface area contributed by atoms with Gasteiger partial charge in [-0.2, -0.15) is 4.31 Å². The Morgan fingerprint density at radius 2 is 1.86 bits per heavy atom. The van der Waals surface area contributed by atoms with E-state index in [0.717, 1.165) is 17.2 Å². The van der Waals surface area contributed by atoms with E-state index >= 15 is 0 Å². The Kier molecular flexibility index (Phi) is 8.62. The van der Waals surface area contributed by atoms with Crippen molar-refractivity contribution in [3.63, 3.8) is 0 Å². The number of nitrogens with two attached hydrogens (primary N) is 2. The van der Waals surface area contributed by atoms with Crippen molar-refractivity contribution in [3.8, 4) is 0 Å². The van der Waals surface area contributed by atoms with Gasteiger partial charge >= 0.3 is 15.6 Å².